The van der Waals surface area contributed by atoms with Gasteiger partial charge in [-0.25, -0.2) is 0 Å². The van der Waals surface area contributed by atoms with Gasteiger partial charge in [0.2, 0.25) is 0 Å². The van der Waals surface area contributed by atoms with Crippen molar-refractivity contribution in [1.82, 2.24) is 0 Å². The fourth-order valence-electron chi connectivity index (χ4n) is 2.05. The Balaban J connectivity index is 2.41. The molecular formula is C10H19NO. The third-order valence-electron chi connectivity index (χ3n) is 3.07. The van der Waals surface area contributed by atoms with Crippen molar-refractivity contribution in [1.29, 1.82) is 0 Å². The van der Waals surface area contributed by atoms with Gasteiger partial charge in [0.25, 0.3) is 0 Å². The lowest BCUT2D eigenvalue weighted by atomic mass is 9.71. The quantitative estimate of drug-likeness (QED) is 0.553. The van der Waals surface area contributed by atoms with Gasteiger partial charge in [-0.05, 0) is 37.0 Å². The summed E-state index contributed by atoms with van der Waals surface area (Å²) in [7, 11) is 0. The molecule has 0 spiro atoms. The Labute approximate surface area is 74.7 Å². The van der Waals surface area contributed by atoms with Crippen LogP contribution in [0.2, 0.25) is 0 Å². The van der Waals surface area contributed by atoms with E-state index in [2.05, 4.69) is 25.9 Å². The van der Waals surface area contributed by atoms with Gasteiger partial charge in [-0.1, -0.05) is 25.9 Å². The Kier molecular flexibility index (Phi) is 2.86. The van der Waals surface area contributed by atoms with Crippen molar-refractivity contribution in [2.24, 2.45) is 16.5 Å². The second-order valence-corrected chi connectivity index (χ2v) is 4.98. The molecule has 0 aromatic carbocycles. The molecule has 1 aliphatic rings. The molecular weight excluding hydrogens is 150 g/mol. The maximum Gasteiger partial charge on any atom is 0.0920 e. The van der Waals surface area contributed by atoms with Crippen molar-refractivity contribution in [3.63, 3.8) is 0 Å². The average molecular weight is 169 g/mol. The van der Waals surface area contributed by atoms with Crippen LogP contribution in [0, 0.1) is 16.2 Å². The molecule has 0 aromatic heterocycles. The van der Waals surface area contributed by atoms with E-state index in [1.54, 1.807) is 0 Å². The average Bonchev–Trinajstić information content (AvgIpc) is 2.03. The highest BCUT2D eigenvalue weighted by atomic mass is 16.3. The van der Waals surface area contributed by atoms with Crippen LogP contribution >= 0.6 is 0 Å². The third-order valence-corrected chi connectivity index (χ3v) is 3.07. The summed E-state index contributed by atoms with van der Waals surface area (Å²) in [6, 6.07) is 0.114. The molecule has 0 bridgehead atoms. The normalized spacial score (nSPS) is 31.6. The minimum absolute atomic E-state index is 0.114. The van der Waals surface area contributed by atoms with Crippen molar-refractivity contribution in [2.45, 2.75) is 52.5 Å². The van der Waals surface area contributed by atoms with E-state index in [4.69, 9.17) is 0 Å². The highest BCUT2D eigenvalue weighted by Crippen LogP contribution is 2.38. The minimum atomic E-state index is 0.114. The number of hydrogen-bond acceptors (Lipinski definition) is 2. The summed E-state index contributed by atoms with van der Waals surface area (Å²) in [6.45, 7) is 6.85. The van der Waals surface area contributed by atoms with E-state index < -0.39 is 0 Å². The molecule has 1 aliphatic carbocycles. The SMILES string of the molecule is CC(C)(C)C1CCC(N=O)CC1. The van der Waals surface area contributed by atoms with Gasteiger partial charge < -0.3 is 0 Å². The highest BCUT2D eigenvalue weighted by molar-refractivity contribution is 4.82. The maximum absolute atomic E-state index is 10.3. The molecule has 0 unspecified atom stereocenters. The van der Waals surface area contributed by atoms with Crippen LogP contribution < -0.4 is 0 Å². The van der Waals surface area contributed by atoms with Crippen LogP contribution in [0.15, 0.2) is 5.18 Å². The molecule has 2 nitrogen and oxygen atoms in total. The molecule has 0 aromatic rings. The van der Waals surface area contributed by atoms with Crippen LogP contribution in [0.1, 0.15) is 46.5 Å². The van der Waals surface area contributed by atoms with Gasteiger partial charge in [-0.15, -0.1) is 0 Å². The van der Waals surface area contributed by atoms with E-state index in [1.165, 1.54) is 12.8 Å². The third kappa shape index (κ3) is 2.29. The van der Waals surface area contributed by atoms with Crippen LogP contribution in [0.4, 0.5) is 0 Å². The van der Waals surface area contributed by atoms with Crippen LogP contribution in [0.3, 0.4) is 0 Å². The Morgan fingerprint density at radius 1 is 1.08 bits per heavy atom. The zero-order valence-corrected chi connectivity index (χ0v) is 8.34. The first-order chi connectivity index (χ1) is 5.54. The van der Waals surface area contributed by atoms with Crippen molar-refractivity contribution in [3.05, 3.63) is 4.91 Å². The van der Waals surface area contributed by atoms with Crippen molar-refractivity contribution < 1.29 is 0 Å². The topological polar surface area (TPSA) is 29.4 Å². The van der Waals surface area contributed by atoms with Gasteiger partial charge >= 0.3 is 0 Å². The Bertz CT molecular complexity index is 152. The first-order valence-corrected chi connectivity index (χ1v) is 4.86. The van der Waals surface area contributed by atoms with Crippen molar-refractivity contribution in [3.8, 4) is 0 Å². The summed E-state index contributed by atoms with van der Waals surface area (Å²) in [4.78, 5) is 10.3. The second-order valence-electron chi connectivity index (χ2n) is 4.98. The summed E-state index contributed by atoms with van der Waals surface area (Å²) in [5.74, 6) is 0.787. The molecule has 0 amide bonds. The summed E-state index contributed by atoms with van der Waals surface area (Å²) < 4.78 is 0. The van der Waals surface area contributed by atoms with E-state index in [9.17, 15) is 4.91 Å². The lowest BCUT2D eigenvalue weighted by Gasteiger charge is -2.35. The van der Waals surface area contributed by atoms with Crippen LogP contribution in [0.5, 0.6) is 0 Å². The molecule has 1 fully saturated rings. The van der Waals surface area contributed by atoms with Crippen LogP contribution in [-0.2, 0) is 0 Å². The molecule has 2 heteroatoms. The molecule has 1 saturated carbocycles. The molecule has 0 heterocycles. The molecule has 0 N–H and O–H groups in total. The van der Waals surface area contributed by atoms with Gasteiger partial charge in [0, 0.05) is 0 Å². The van der Waals surface area contributed by atoms with E-state index in [0.29, 0.717) is 5.41 Å². The summed E-state index contributed by atoms with van der Waals surface area (Å²) in [5, 5.41) is 3.11. The highest BCUT2D eigenvalue weighted by Gasteiger charge is 2.29. The summed E-state index contributed by atoms with van der Waals surface area (Å²) in [5.41, 5.74) is 0.411. The van der Waals surface area contributed by atoms with E-state index in [0.717, 1.165) is 18.8 Å². The summed E-state index contributed by atoms with van der Waals surface area (Å²) in [6.07, 6.45) is 4.37. The first-order valence-electron chi connectivity index (χ1n) is 4.86. The van der Waals surface area contributed by atoms with E-state index in [1.807, 2.05) is 0 Å². The molecule has 12 heavy (non-hydrogen) atoms. The standard InChI is InChI=1S/C10H19NO/c1-10(2,3)8-4-6-9(11-12)7-5-8/h8-9H,4-7H2,1-3H3. The fraction of sp³-hybridized carbons (Fsp3) is 1.00. The molecule has 70 valence electrons. The lowest BCUT2D eigenvalue weighted by Crippen LogP contribution is -2.26. The van der Waals surface area contributed by atoms with Gasteiger partial charge in [0.05, 0.1) is 6.04 Å². The Morgan fingerprint density at radius 2 is 1.58 bits per heavy atom. The molecule has 0 radical (unpaired) electrons. The zero-order chi connectivity index (χ0) is 9.19. The van der Waals surface area contributed by atoms with Crippen LogP contribution in [0.25, 0.3) is 0 Å². The number of nitroso groups, excluding NO2 is 1. The van der Waals surface area contributed by atoms with Gasteiger partial charge in [-0.3, -0.25) is 0 Å². The van der Waals surface area contributed by atoms with E-state index >= 15 is 0 Å². The number of nitrogens with zero attached hydrogens (tertiary/aromatic N) is 1. The van der Waals surface area contributed by atoms with Gasteiger partial charge in [-0.2, -0.15) is 4.91 Å². The predicted molar refractivity (Wildman–Crippen MR) is 51.0 cm³/mol. The number of hydrogen-bond donors (Lipinski definition) is 0. The number of rotatable bonds is 1. The monoisotopic (exact) mass is 169 g/mol. The zero-order valence-electron chi connectivity index (χ0n) is 8.34. The molecule has 0 aliphatic heterocycles. The molecule has 1 rings (SSSR count). The second kappa shape index (κ2) is 3.55. The van der Waals surface area contributed by atoms with Gasteiger partial charge in [0.15, 0.2) is 0 Å². The predicted octanol–water partition coefficient (Wildman–Crippen LogP) is 3.36. The minimum Gasteiger partial charge on any atom is -0.151 e. The maximum atomic E-state index is 10.3. The first kappa shape index (κ1) is 9.69. The summed E-state index contributed by atoms with van der Waals surface area (Å²) >= 11 is 0. The smallest absolute Gasteiger partial charge is 0.0920 e. The van der Waals surface area contributed by atoms with Gasteiger partial charge in [0.1, 0.15) is 0 Å². The Hall–Kier alpha value is -0.400. The Morgan fingerprint density at radius 3 is 1.92 bits per heavy atom. The van der Waals surface area contributed by atoms with Crippen molar-refractivity contribution >= 4 is 0 Å². The van der Waals surface area contributed by atoms with E-state index in [-0.39, 0.29) is 6.04 Å². The fourth-order valence-corrected chi connectivity index (χ4v) is 2.05. The largest absolute Gasteiger partial charge is 0.151 e. The molecule has 0 atom stereocenters. The molecule has 0 saturated heterocycles. The van der Waals surface area contributed by atoms with Crippen molar-refractivity contribution in [2.75, 3.05) is 0 Å². The van der Waals surface area contributed by atoms with Crippen LogP contribution in [-0.4, -0.2) is 6.04 Å². The lowest BCUT2D eigenvalue weighted by molar-refractivity contribution is 0.170.